The molecule has 1 amide bonds. The highest BCUT2D eigenvalue weighted by molar-refractivity contribution is 6.04. The first-order valence-electron chi connectivity index (χ1n) is 11.0. The van der Waals surface area contributed by atoms with Gasteiger partial charge in [0.15, 0.2) is 5.65 Å². The second-order valence-electron chi connectivity index (χ2n) is 8.10. The van der Waals surface area contributed by atoms with Crippen LogP contribution in [0.3, 0.4) is 0 Å². The number of carbonyl (C=O) groups excluding carboxylic acids is 1. The average molecular weight is 430 g/mol. The summed E-state index contributed by atoms with van der Waals surface area (Å²) in [6.07, 6.45) is 3.42. The topological polar surface area (TPSA) is 70.4 Å². The molecule has 0 aliphatic carbocycles. The Kier molecular flexibility index (Phi) is 5.45. The van der Waals surface area contributed by atoms with Gasteiger partial charge in [-0.3, -0.25) is 14.4 Å². The summed E-state index contributed by atoms with van der Waals surface area (Å²) in [5.41, 5.74) is 1.82. The van der Waals surface area contributed by atoms with E-state index in [1.807, 2.05) is 49.3 Å². The molecule has 0 saturated carbocycles. The number of nitrogens with zero attached hydrogens (tertiary/aromatic N) is 7. The number of carbonyl (C=O) groups is 1. The van der Waals surface area contributed by atoms with Gasteiger partial charge in [0.1, 0.15) is 12.1 Å². The molecule has 0 bridgehead atoms. The van der Waals surface area contributed by atoms with Crippen LogP contribution in [0.25, 0.3) is 21.8 Å². The SMILES string of the molecule is CCN(C(=O)CN1CCN(c2ncnc3c2cnn3C)CC1)c1cccc2ccccc12. The van der Waals surface area contributed by atoms with Gasteiger partial charge < -0.3 is 9.80 Å². The number of rotatable bonds is 5. The minimum Gasteiger partial charge on any atom is -0.353 e. The summed E-state index contributed by atoms with van der Waals surface area (Å²) in [6.45, 7) is 6.34. The smallest absolute Gasteiger partial charge is 0.241 e. The molecule has 5 rings (SSSR count). The first-order valence-corrected chi connectivity index (χ1v) is 11.0. The molecule has 0 unspecified atom stereocenters. The van der Waals surface area contributed by atoms with Crippen LogP contribution in [0.1, 0.15) is 6.92 Å². The van der Waals surface area contributed by atoms with Crippen LogP contribution < -0.4 is 9.80 Å². The Morgan fingerprint density at radius 1 is 1.00 bits per heavy atom. The molecule has 3 heterocycles. The molecule has 8 nitrogen and oxygen atoms in total. The van der Waals surface area contributed by atoms with Gasteiger partial charge in [0, 0.05) is 45.2 Å². The van der Waals surface area contributed by atoms with Gasteiger partial charge in [-0.25, -0.2) is 9.97 Å². The molecule has 0 radical (unpaired) electrons. The molecular weight excluding hydrogens is 402 g/mol. The van der Waals surface area contributed by atoms with Gasteiger partial charge in [0.2, 0.25) is 5.91 Å². The monoisotopic (exact) mass is 429 g/mol. The van der Waals surface area contributed by atoms with Crippen molar-refractivity contribution < 1.29 is 4.79 Å². The van der Waals surface area contributed by atoms with Crippen LogP contribution in [-0.2, 0) is 11.8 Å². The third kappa shape index (κ3) is 3.67. The Morgan fingerprint density at radius 2 is 1.78 bits per heavy atom. The minimum absolute atomic E-state index is 0.133. The molecule has 0 spiro atoms. The van der Waals surface area contributed by atoms with Gasteiger partial charge in [0.05, 0.1) is 23.8 Å². The van der Waals surface area contributed by atoms with Crippen molar-refractivity contribution in [1.29, 1.82) is 0 Å². The second-order valence-corrected chi connectivity index (χ2v) is 8.10. The van der Waals surface area contributed by atoms with Crippen molar-refractivity contribution in [1.82, 2.24) is 24.6 Å². The predicted octanol–water partition coefficient (Wildman–Crippen LogP) is 2.69. The molecule has 2 aromatic heterocycles. The van der Waals surface area contributed by atoms with Crippen LogP contribution in [0, 0.1) is 0 Å². The van der Waals surface area contributed by atoms with Gasteiger partial charge in [-0.15, -0.1) is 0 Å². The number of amides is 1. The highest BCUT2D eigenvalue weighted by Gasteiger charge is 2.24. The van der Waals surface area contributed by atoms with Crippen molar-refractivity contribution in [2.45, 2.75) is 6.92 Å². The Bertz CT molecular complexity index is 1250. The lowest BCUT2D eigenvalue weighted by atomic mass is 10.1. The van der Waals surface area contributed by atoms with Crippen LogP contribution in [0.2, 0.25) is 0 Å². The number of hydrogen-bond donors (Lipinski definition) is 0. The van der Waals surface area contributed by atoms with E-state index >= 15 is 0 Å². The highest BCUT2D eigenvalue weighted by atomic mass is 16.2. The zero-order chi connectivity index (χ0) is 22.1. The first kappa shape index (κ1) is 20.4. The van der Waals surface area contributed by atoms with Gasteiger partial charge >= 0.3 is 0 Å². The van der Waals surface area contributed by atoms with Crippen molar-refractivity contribution in [3.8, 4) is 0 Å². The maximum atomic E-state index is 13.3. The molecule has 1 saturated heterocycles. The van der Waals surface area contributed by atoms with E-state index in [9.17, 15) is 4.79 Å². The van der Waals surface area contributed by atoms with Gasteiger partial charge in [-0.1, -0.05) is 36.4 Å². The van der Waals surface area contributed by atoms with Crippen LogP contribution in [0.15, 0.2) is 55.0 Å². The quantitative estimate of drug-likeness (QED) is 0.486. The van der Waals surface area contributed by atoms with E-state index in [4.69, 9.17) is 0 Å². The van der Waals surface area contributed by atoms with E-state index < -0.39 is 0 Å². The molecule has 0 N–H and O–H groups in total. The van der Waals surface area contributed by atoms with E-state index in [-0.39, 0.29) is 5.91 Å². The number of fused-ring (bicyclic) bond motifs is 2. The van der Waals surface area contributed by atoms with Gasteiger partial charge in [-0.2, -0.15) is 5.10 Å². The molecule has 1 aliphatic rings. The molecule has 164 valence electrons. The van der Waals surface area contributed by atoms with Crippen LogP contribution in [0.4, 0.5) is 11.5 Å². The normalized spacial score (nSPS) is 14.9. The Morgan fingerprint density at radius 3 is 2.59 bits per heavy atom. The number of hydrogen-bond acceptors (Lipinski definition) is 6. The summed E-state index contributed by atoms with van der Waals surface area (Å²) in [5, 5.41) is 7.54. The summed E-state index contributed by atoms with van der Waals surface area (Å²) in [5.74, 6) is 1.05. The Hall–Kier alpha value is -3.52. The zero-order valence-electron chi connectivity index (χ0n) is 18.5. The van der Waals surface area contributed by atoms with Gasteiger partial charge in [-0.05, 0) is 18.4 Å². The lowest BCUT2D eigenvalue weighted by Gasteiger charge is -2.36. The van der Waals surface area contributed by atoms with Crippen LogP contribution in [0.5, 0.6) is 0 Å². The second kappa shape index (κ2) is 8.55. The molecule has 1 fully saturated rings. The van der Waals surface area contributed by atoms with Crippen molar-refractivity contribution in [3.05, 3.63) is 55.0 Å². The first-order chi connectivity index (χ1) is 15.7. The molecule has 8 heteroatoms. The van der Waals surface area contributed by atoms with Crippen LogP contribution in [-0.4, -0.2) is 69.8 Å². The maximum Gasteiger partial charge on any atom is 0.241 e. The molecule has 1 aliphatic heterocycles. The number of piperazine rings is 1. The average Bonchev–Trinajstić information content (AvgIpc) is 3.21. The van der Waals surface area contributed by atoms with Crippen molar-refractivity contribution in [3.63, 3.8) is 0 Å². The molecule has 4 aromatic rings. The number of aryl methyl sites for hydroxylation is 1. The highest BCUT2D eigenvalue weighted by Crippen LogP contribution is 2.27. The third-order valence-corrected chi connectivity index (χ3v) is 6.21. The van der Waals surface area contributed by atoms with Gasteiger partial charge in [0.25, 0.3) is 0 Å². The van der Waals surface area contributed by atoms with Crippen molar-refractivity contribution >= 4 is 39.2 Å². The fourth-order valence-electron chi connectivity index (χ4n) is 4.52. The Labute approximate surface area is 187 Å². The summed E-state index contributed by atoms with van der Waals surface area (Å²) >= 11 is 0. The standard InChI is InChI=1S/C24H27N7O/c1-3-31(21-10-6-8-18-7-4-5-9-19(18)21)22(32)16-29-11-13-30(14-12-29)24-20-15-27-28(2)23(20)25-17-26-24/h4-10,15,17H,3,11-14,16H2,1-2H3. The minimum atomic E-state index is 0.133. The van der Waals surface area contributed by atoms with Crippen LogP contribution >= 0.6 is 0 Å². The lowest BCUT2D eigenvalue weighted by Crippen LogP contribution is -2.50. The molecule has 0 atom stereocenters. The largest absolute Gasteiger partial charge is 0.353 e. The molecule has 2 aromatic carbocycles. The fourth-order valence-corrected chi connectivity index (χ4v) is 4.52. The van der Waals surface area contributed by atoms with E-state index in [2.05, 4.69) is 43.1 Å². The molecular formula is C24H27N7O. The maximum absolute atomic E-state index is 13.3. The number of anilines is 2. The van der Waals surface area contributed by atoms with E-state index in [1.54, 1.807) is 11.0 Å². The summed E-state index contributed by atoms with van der Waals surface area (Å²) < 4.78 is 1.77. The predicted molar refractivity (Wildman–Crippen MR) is 127 cm³/mol. The van der Waals surface area contributed by atoms with Crippen molar-refractivity contribution in [2.24, 2.45) is 7.05 Å². The number of likely N-dealkylation sites (N-methyl/N-ethyl adjacent to an activating group) is 1. The summed E-state index contributed by atoms with van der Waals surface area (Å²) in [6, 6.07) is 14.4. The summed E-state index contributed by atoms with van der Waals surface area (Å²) in [7, 11) is 1.89. The third-order valence-electron chi connectivity index (χ3n) is 6.21. The fraction of sp³-hybridized carbons (Fsp3) is 0.333. The molecule has 32 heavy (non-hydrogen) atoms. The van der Waals surface area contributed by atoms with E-state index in [0.29, 0.717) is 13.1 Å². The summed E-state index contributed by atoms with van der Waals surface area (Å²) in [4.78, 5) is 28.5. The van der Waals surface area contributed by atoms with E-state index in [1.165, 1.54) is 0 Å². The zero-order valence-corrected chi connectivity index (χ0v) is 18.5. The van der Waals surface area contributed by atoms with E-state index in [0.717, 1.165) is 59.5 Å². The number of benzene rings is 2. The lowest BCUT2D eigenvalue weighted by molar-refractivity contribution is -0.119. The van der Waals surface area contributed by atoms with Crippen molar-refractivity contribution in [2.75, 3.05) is 49.1 Å². The number of aromatic nitrogens is 4. The Balaban J connectivity index is 1.27.